The third-order valence-electron chi connectivity index (χ3n) is 5.60. The van der Waals surface area contributed by atoms with Crippen LogP contribution >= 0.6 is 11.3 Å². The van der Waals surface area contributed by atoms with E-state index in [4.69, 9.17) is 5.73 Å². The maximum Gasteiger partial charge on any atom is 0.256 e. The summed E-state index contributed by atoms with van der Waals surface area (Å²) >= 11 is 1.26. The number of nitrogens with two attached hydrogens (primary N) is 1. The van der Waals surface area contributed by atoms with Gasteiger partial charge in [0.2, 0.25) is 10.0 Å². The number of carbonyl (C=O) groups excluding carboxylic acids is 2. The van der Waals surface area contributed by atoms with Crippen molar-refractivity contribution in [1.82, 2.24) is 4.31 Å². The number of anilines is 1. The van der Waals surface area contributed by atoms with Gasteiger partial charge in [-0.3, -0.25) is 9.59 Å². The van der Waals surface area contributed by atoms with Gasteiger partial charge in [0.25, 0.3) is 11.8 Å². The number of sulfonamides is 1. The molecule has 9 heteroatoms. The standard InChI is InChI=1S/C24H25N3O4S2/c25-22(28)20-16-21(17-8-4-3-5-9-17)32-24(20)26-23(29)18-10-12-19(13-11-18)33(30,31)27-14-6-1-2-7-15-27/h3-5,8-13,16H,1-2,6-7,14-15H2,(H2,25,28)(H,26,29). The largest absolute Gasteiger partial charge is 0.366 e. The highest BCUT2D eigenvalue weighted by Crippen LogP contribution is 2.35. The molecule has 1 fully saturated rings. The summed E-state index contributed by atoms with van der Waals surface area (Å²) in [5, 5.41) is 3.10. The van der Waals surface area contributed by atoms with Crippen molar-refractivity contribution in [3.05, 3.63) is 71.8 Å². The maximum absolute atomic E-state index is 12.9. The smallest absolute Gasteiger partial charge is 0.256 e. The zero-order chi connectivity index (χ0) is 23.4. The molecule has 3 N–H and O–H groups in total. The van der Waals surface area contributed by atoms with Gasteiger partial charge in [0.15, 0.2) is 0 Å². The van der Waals surface area contributed by atoms with Crippen LogP contribution in [0.2, 0.25) is 0 Å². The van der Waals surface area contributed by atoms with Gasteiger partial charge in [0, 0.05) is 23.5 Å². The summed E-state index contributed by atoms with van der Waals surface area (Å²) in [7, 11) is -3.59. The number of carbonyl (C=O) groups is 2. The lowest BCUT2D eigenvalue weighted by Gasteiger charge is -2.20. The van der Waals surface area contributed by atoms with Crippen LogP contribution in [0.3, 0.4) is 0 Å². The predicted octanol–water partition coefficient (Wildman–Crippen LogP) is 4.33. The molecule has 2 heterocycles. The Balaban J connectivity index is 1.53. The normalized spacial score (nSPS) is 15.0. The lowest BCUT2D eigenvalue weighted by molar-refractivity contribution is 0.100. The third-order valence-corrected chi connectivity index (χ3v) is 8.61. The molecule has 0 radical (unpaired) electrons. The molecule has 3 aromatic rings. The molecule has 7 nitrogen and oxygen atoms in total. The molecule has 4 rings (SSSR count). The lowest BCUT2D eigenvalue weighted by Crippen LogP contribution is -2.31. The predicted molar refractivity (Wildman–Crippen MR) is 130 cm³/mol. The van der Waals surface area contributed by atoms with Gasteiger partial charge in [0.1, 0.15) is 5.00 Å². The second-order valence-corrected chi connectivity index (χ2v) is 10.9. The first-order valence-corrected chi connectivity index (χ1v) is 13.0. The molecule has 0 bridgehead atoms. The Morgan fingerprint density at radius 1 is 0.909 bits per heavy atom. The van der Waals surface area contributed by atoms with E-state index < -0.39 is 21.8 Å². The molecule has 33 heavy (non-hydrogen) atoms. The fourth-order valence-corrected chi connectivity index (χ4v) is 6.38. The third kappa shape index (κ3) is 5.16. The molecule has 2 aromatic carbocycles. The van der Waals surface area contributed by atoms with Gasteiger partial charge < -0.3 is 11.1 Å². The molecular weight excluding hydrogens is 458 g/mol. The van der Waals surface area contributed by atoms with Crippen molar-refractivity contribution >= 4 is 38.2 Å². The minimum Gasteiger partial charge on any atom is -0.366 e. The number of nitrogens with zero attached hydrogens (tertiary/aromatic N) is 1. The number of benzene rings is 2. The number of primary amides is 1. The summed E-state index contributed by atoms with van der Waals surface area (Å²) < 4.78 is 27.4. The monoisotopic (exact) mass is 483 g/mol. The van der Waals surface area contributed by atoms with E-state index in [0.29, 0.717) is 18.1 Å². The fourth-order valence-electron chi connectivity index (χ4n) is 3.80. The van der Waals surface area contributed by atoms with E-state index in [1.54, 1.807) is 6.07 Å². The van der Waals surface area contributed by atoms with Gasteiger partial charge in [-0.2, -0.15) is 4.31 Å². The van der Waals surface area contributed by atoms with Crippen molar-refractivity contribution in [1.29, 1.82) is 0 Å². The zero-order valence-electron chi connectivity index (χ0n) is 18.0. The first kappa shape index (κ1) is 23.2. The maximum atomic E-state index is 12.9. The summed E-state index contributed by atoms with van der Waals surface area (Å²) in [6, 6.07) is 17.0. The molecular formula is C24H25N3O4S2. The van der Waals surface area contributed by atoms with E-state index in [-0.39, 0.29) is 16.0 Å². The van der Waals surface area contributed by atoms with Crippen LogP contribution in [0.25, 0.3) is 10.4 Å². The Morgan fingerprint density at radius 3 is 2.15 bits per heavy atom. The second-order valence-electron chi connectivity index (χ2n) is 7.88. The first-order valence-electron chi connectivity index (χ1n) is 10.8. The minimum absolute atomic E-state index is 0.168. The van der Waals surface area contributed by atoms with Crippen LogP contribution in [0, 0.1) is 0 Å². The number of hydrogen-bond donors (Lipinski definition) is 2. The Bertz CT molecular complexity index is 1240. The molecule has 0 unspecified atom stereocenters. The van der Waals surface area contributed by atoms with E-state index in [2.05, 4.69) is 5.32 Å². The molecule has 0 atom stereocenters. The van der Waals surface area contributed by atoms with E-state index in [1.165, 1.54) is 39.9 Å². The van der Waals surface area contributed by atoms with E-state index in [0.717, 1.165) is 36.1 Å². The highest BCUT2D eigenvalue weighted by molar-refractivity contribution is 7.89. The molecule has 1 aliphatic rings. The average molecular weight is 484 g/mol. The van der Waals surface area contributed by atoms with Crippen molar-refractivity contribution in [2.24, 2.45) is 5.73 Å². The molecule has 0 aliphatic carbocycles. The van der Waals surface area contributed by atoms with Gasteiger partial charge in [-0.15, -0.1) is 11.3 Å². The highest BCUT2D eigenvalue weighted by Gasteiger charge is 2.25. The van der Waals surface area contributed by atoms with Crippen LogP contribution in [0.5, 0.6) is 0 Å². The van der Waals surface area contributed by atoms with Gasteiger partial charge in [-0.05, 0) is 48.7 Å². The summed E-state index contributed by atoms with van der Waals surface area (Å²) in [6.07, 6.45) is 3.78. The average Bonchev–Trinajstić information content (AvgIpc) is 3.04. The number of hydrogen-bond acceptors (Lipinski definition) is 5. The van der Waals surface area contributed by atoms with E-state index >= 15 is 0 Å². The molecule has 2 amide bonds. The molecule has 1 saturated heterocycles. The summed E-state index contributed by atoms with van der Waals surface area (Å²) in [6.45, 7) is 1.03. The lowest BCUT2D eigenvalue weighted by atomic mass is 10.1. The van der Waals surface area contributed by atoms with Gasteiger partial charge in [-0.25, -0.2) is 8.42 Å². The van der Waals surface area contributed by atoms with Crippen LogP contribution in [-0.2, 0) is 10.0 Å². The summed E-state index contributed by atoms with van der Waals surface area (Å²) in [5.41, 5.74) is 6.94. The van der Waals surface area contributed by atoms with Crippen molar-refractivity contribution in [3.8, 4) is 10.4 Å². The van der Waals surface area contributed by atoms with E-state index in [9.17, 15) is 18.0 Å². The minimum atomic E-state index is -3.59. The molecule has 1 aromatic heterocycles. The van der Waals surface area contributed by atoms with Crippen LogP contribution in [0.4, 0.5) is 5.00 Å². The zero-order valence-corrected chi connectivity index (χ0v) is 19.6. The van der Waals surface area contributed by atoms with Crippen molar-refractivity contribution in [3.63, 3.8) is 0 Å². The number of nitrogens with one attached hydrogen (secondary N) is 1. The Labute approximate surface area is 197 Å². The number of thiophene rings is 1. The first-order chi connectivity index (χ1) is 15.9. The number of amides is 2. The van der Waals surface area contributed by atoms with Crippen LogP contribution in [0.15, 0.2) is 65.6 Å². The quantitative estimate of drug-likeness (QED) is 0.544. The SMILES string of the molecule is NC(=O)c1cc(-c2ccccc2)sc1NC(=O)c1ccc(S(=O)(=O)N2CCCCCC2)cc1. The van der Waals surface area contributed by atoms with Gasteiger partial charge in [-0.1, -0.05) is 43.2 Å². The topological polar surface area (TPSA) is 110 Å². The van der Waals surface area contributed by atoms with Crippen LogP contribution in [-0.4, -0.2) is 37.6 Å². The Morgan fingerprint density at radius 2 is 1.55 bits per heavy atom. The summed E-state index contributed by atoms with van der Waals surface area (Å²) in [4.78, 5) is 25.7. The molecule has 0 spiro atoms. The van der Waals surface area contributed by atoms with Gasteiger partial charge in [0.05, 0.1) is 10.5 Å². The van der Waals surface area contributed by atoms with Crippen LogP contribution in [0.1, 0.15) is 46.4 Å². The van der Waals surface area contributed by atoms with Crippen LogP contribution < -0.4 is 11.1 Å². The van der Waals surface area contributed by atoms with Crippen molar-refractivity contribution in [2.45, 2.75) is 30.6 Å². The number of rotatable bonds is 6. The second kappa shape index (κ2) is 9.86. The Kier molecular flexibility index (Phi) is 6.92. The summed E-state index contributed by atoms with van der Waals surface area (Å²) in [5.74, 6) is -1.08. The molecule has 1 aliphatic heterocycles. The van der Waals surface area contributed by atoms with Crippen molar-refractivity contribution in [2.75, 3.05) is 18.4 Å². The molecule has 172 valence electrons. The highest BCUT2D eigenvalue weighted by atomic mass is 32.2. The Hall–Kier alpha value is -3.01. The van der Waals surface area contributed by atoms with Crippen molar-refractivity contribution < 1.29 is 18.0 Å². The van der Waals surface area contributed by atoms with E-state index in [1.807, 2.05) is 30.3 Å². The fraction of sp³-hybridized carbons (Fsp3) is 0.250. The molecule has 0 saturated carbocycles. The van der Waals surface area contributed by atoms with Gasteiger partial charge >= 0.3 is 0 Å².